The van der Waals surface area contributed by atoms with Crippen molar-refractivity contribution in [1.82, 2.24) is 9.36 Å². The Morgan fingerprint density at radius 2 is 1.94 bits per heavy atom. The number of rotatable bonds is 3. The molecule has 0 unspecified atom stereocenters. The van der Waals surface area contributed by atoms with Crippen LogP contribution in [0, 0.1) is 11.3 Å². The number of hydrogen-bond donors (Lipinski definition) is 3. The number of H-pyrrole nitrogens is 1. The van der Waals surface area contributed by atoms with E-state index in [0.717, 1.165) is 27.3 Å². The van der Waals surface area contributed by atoms with E-state index in [0.29, 0.717) is 21.8 Å². The average Bonchev–Trinajstić information content (AvgIpc) is 3.15. The lowest BCUT2D eigenvalue weighted by Gasteiger charge is -2.28. The van der Waals surface area contributed by atoms with Crippen molar-refractivity contribution in [2.45, 2.75) is 5.92 Å². The SMILES string of the molecule is N#CC1=C(N)Oc2c(c(Nc3ccccc3)nc3c(=O)[nH]sc23)[C@@H]1c1ccc(Br)cc1. The Labute approximate surface area is 189 Å². The van der Waals surface area contributed by atoms with Crippen molar-refractivity contribution in [2.24, 2.45) is 5.73 Å². The highest BCUT2D eigenvalue weighted by atomic mass is 79.9. The van der Waals surface area contributed by atoms with Gasteiger partial charge in [-0.2, -0.15) is 5.26 Å². The van der Waals surface area contributed by atoms with Crippen molar-refractivity contribution in [2.75, 3.05) is 5.32 Å². The van der Waals surface area contributed by atoms with Gasteiger partial charge in [0.05, 0.1) is 11.5 Å². The van der Waals surface area contributed by atoms with Crippen molar-refractivity contribution in [3.05, 3.63) is 92.0 Å². The lowest BCUT2D eigenvalue weighted by atomic mass is 9.83. The zero-order valence-electron chi connectivity index (χ0n) is 15.8. The Hall–Kier alpha value is -3.61. The van der Waals surface area contributed by atoms with E-state index in [4.69, 9.17) is 10.5 Å². The van der Waals surface area contributed by atoms with Gasteiger partial charge in [-0.3, -0.25) is 9.17 Å². The van der Waals surface area contributed by atoms with Gasteiger partial charge in [0.2, 0.25) is 5.88 Å². The number of benzene rings is 2. The van der Waals surface area contributed by atoms with Gasteiger partial charge in [-0.25, -0.2) is 4.98 Å². The lowest BCUT2D eigenvalue weighted by molar-refractivity contribution is 0.399. The standard InChI is InChI=1S/C22H14BrN5O2S/c23-12-8-6-11(7-9-12)15-14(10-24)20(25)30-18-16(15)21(26-13-4-2-1-3-5-13)27-17-19(18)31-28-22(17)29/h1-9,15H,25H2,(H,26,27)(H,28,29)/t15-/m1/s1. The summed E-state index contributed by atoms with van der Waals surface area (Å²) >= 11 is 4.58. The zero-order chi connectivity index (χ0) is 21.5. The van der Waals surface area contributed by atoms with Crippen LogP contribution >= 0.6 is 27.5 Å². The third kappa shape index (κ3) is 3.26. The largest absolute Gasteiger partial charge is 0.438 e. The second kappa shape index (κ2) is 7.58. The molecule has 152 valence electrons. The molecule has 2 aromatic carbocycles. The summed E-state index contributed by atoms with van der Waals surface area (Å²) in [5, 5.41) is 13.2. The topological polar surface area (TPSA) is 117 Å². The number of aromatic amines is 1. The normalized spacial score (nSPS) is 15.3. The van der Waals surface area contributed by atoms with Crippen molar-refractivity contribution < 1.29 is 4.74 Å². The number of nitrogens with one attached hydrogen (secondary N) is 2. The first kappa shape index (κ1) is 19.4. The predicted octanol–water partition coefficient (Wildman–Crippen LogP) is 4.71. The van der Waals surface area contributed by atoms with Crippen LogP contribution < -0.4 is 21.3 Å². The number of hydrogen-bond acceptors (Lipinski definition) is 7. The third-order valence-electron chi connectivity index (χ3n) is 5.02. The lowest BCUT2D eigenvalue weighted by Crippen LogP contribution is -2.23. The molecule has 0 fully saturated rings. The van der Waals surface area contributed by atoms with E-state index < -0.39 is 5.92 Å². The van der Waals surface area contributed by atoms with E-state index in [1.54, 1.807) is 0 Å². The number of anilines is 2. The van der Waals surface area contributed by atoms with Gasteiger partial charge < -0.3 is 15.8 Å². The van der Waals surface area contributed by atoms with E-state index in [1.165, 1.54) is 0 Å². The first-order valence-electron chi connectivity index (χ1n) is 9.27. The maximum atomic E-state index is 12.4. The molecule has 2 aromatic heterocycles. The van der Waals surface area contributed by atoms with E-state index >= 15 is 0 Å². The molecular formula is C22H14BrN5O2S. The molecule has 1 atom stereocenters. The van der Waals surface area contributed by atoms with E-state index in [9.17, 15) is 10.1 Å². The van der Waals surface area contributed by atoms with Crippen molar-refractivity contribution in [3.8, 4) is 11.8 Å². The number of nitrogens with zero attached hydrogens (tertiary/aromatic N) is 2. The number of allylic oxidation sites excluding steroid dienone is 1. The molecule has 5 rings (SSSR count). The smallest absolute Gasteiger partial charge is 0.284 e. The quantitative estimate of drug-likeness (QED) is 0.382. The summed E-state index contributed by atoms with van der Waals surface area (Å²) in [5.41, 5.74) is 8.69. The Kier molecular flexibility index (Phi) is 4.73. The summed E-state index contributed by atoms with van der Waals surface area (Å²) in [4.78, 5) is 17.0. The molecule has 0 saturated heterocycles. The fourth-order valence-corrected chi connectivity index (χ4v) is 4.67. The highest BCUT2D eigenvalue weighted by molar-refractivity contribution is 9.10. The minimum atomic E-state index is -0.512. The molecule has 1 aliphatic heterocycles. The fourth-order valence-electron chi connectivity index (χ4n) is 3.64. The van der Waals surface area contributed by atoms with Crippen LogP contribution in [-0.2, 0) is 0 Å². The molecule has 4 N–H and O–H groups in total. The van der Waals surface area contributed by atoms with Gasteiger partial charge in [-0.1, -0.05) is 57.8 Å². The Balaban J connectivity index is 1.82. The number of nitrogens with two attached hydrogens (primary N) is 1. The molecule has 7 nitrogen and oxygen atoms in total. The Bertz CT molecular complexity index is 1440. The molecule has 0 spiro atoms. The van der Waals surface area contributed by atoms with Crippen LogP contribution in [-0.4, -0.2) is 9.36 Å². The molecule has 0 bridgehead atoms. The summed E-state index contributed by atoms with van der Waals surface area (Å²) in [6, 6.07) is 19.3. The molecule has 3 heterocycles. The van der Waals surface area contributed by atoms with Gasteiger partial charge in [0.1, 0.15) is 22.2 Å². The van der Waals surface area contributed by atoms with Crippen molar-refractivity contribution in [1.29, 1.82) is 5.26 Å². The number of para-hydroxylation sites is 1. The first-order chi connectivity index (χ1) is 15.1. The van der Waals surface area contributed by atoms with Gasteiger partial charge in [0.15, 0.2) is 11.3 Å². The second-order valence-corrected chi connectivity index (χ2v) is 8.61. The van der Waals surface area contributed by atoms with E-state index in [2.05, 4.69) is 36.7 Å². The molecule has 1 aliphatic rings. The van der Waals surface area contributed by atoms with E-state index in [-0.39, 0.29) is 22.5 Å². The summed E-state index contributed by atoms with van der Waals surface area (Å²) in [7, 11) is 0. The van der Waals surface area contributed by atoms with Crippen molar-refractivity contribution >= 4 is 49.2 Å². The highest BCUT2D eigenvalue weighted by Gasteiger charge is 2.36. The van der Waals surface area contributed by atoms with Crippen LogP contribution in [0.4, 0.5) is 11.5 Å². The minimum Gasteiger partial charge on any atom is -0.438 e. The fraction of sp³-hybridized carbons (Fsp3) is 0.0455. The number of halogens is 1. The number of nitriles is 1. The highest BCUT2D eigenvalue weighted by Crippen LogP contribution is 2.49. The Morgan fingerprint density at radius 3 is 2.65 bits per heavy atom. The molecular weight excluding hydrogens is 478 g/mol. The average molecular weight is 492 g/mol. The molecule has 0 saturated carbocycles. The van der Waals surface area contributed by atoms with Crippen LogP contribution in [0.25, 0.3) is 10.2 Å². The third-order valence-corrected chi connectivity index (χ3v) is 6.42. The van der Waals surface area contributed by atoms with Gasteiger partial charge in [-0.15, -0.1) is 0 Å². The molecule has 9 heteroatoms. The number of ether oxygens (including phenoxy) is 1. The number of pyridine rings is 1. The number of aromatic nitrogens is 2. The van der Waals surface area contributed by atoms with Crippen LogP contribution in [0.3, 0.4) is 0 Å². The predicted molar refractivity (Wildman–Crippen MR) is 123 cm³/mol. The summed E-state index contributed by atoms with van der Waals surface area (Å²) in [6.07, 6.45) is 0. The second-order valence-electron chi connectivity index (χ2n) is 6.88. The maximum Gasteiger partial charge on any atom is 0.284 e. The van der Waals surface area contributed by atoms with Crippen molar-refractivity contribution in [3.63, 3.8) is 0 Å². The summed E-state index contributed by atoms with van der Waals surface area (Å²) in [6.45, 7) is 0. The molecule has 4 aromatic rings. The first-order valence-corrected chi connectivity index (χ1v) is 10.9. The van der Waals surface area contributed by atoms with E-state index in [1.807, 2.05) is 54.6 Å². The van der Waals surface area contributed by atoms with Gasteiger partial charge >= 0.3 is 0 Å². The summed E-state index contributed by atoms with van der Waals surface area (Å²) in [5.74, 6) is 0.367. The summed E-state index contributed by atoms with van der Waals surface area (Å²) < 4.78 is 10.1. The van der Waals surface area contributed by atoms with Crippen LogP contribution in [0.1, 0.15) is 17.0 Å². The monoisotopic (exact) mass is 491 g/mol. The number of fused-ring (bicyclic) bond motifs is 3. The maximum absolute atomic E-state index is 12.4. The van der Waals surface area contributed by atoms with Crippen LogP contribution in [0.2, 0.25) is 0 Å². The van der Waals surface area contributed by atoms with Gasteiger partial charge in [-0.05, 0) is 29.8 Å². The molecule has 31 heavy (non-hydrogen) atoms. The van der Waals surface area contributed by atoms with Crippen LogP contribution in [0.15, 0.2) is 75.3 Å². The molecule has 0 amide bonds. The Morgan fingerprint density at radius 1 is 1.19 bits per heavy atom. The molecule has 0 radical (unpaired) electrons. The van der Waals surface area contributed by atoms with Gasteiger partial charge in [0, 0.05) is 10.2 Å². The molecule has 0 aliphatic carbocycles. The minimum absolute atomic E-state index is 0.0157. The van der Waals surface area contributed by atoms with Gasteiger partial charge in [0.25, 0.3) is 5.56 Å². The van der Waals surface area contributed by atoms with Crippen LogP contribution in [0.5, 0.6) is 5.75 Å². The zero-order valence-corrected chi connectivity index (χ0v) is 18.3.